The van der Waals surface area contributed by atoms with E-state index in [9.17, 15) is 0 Å². The Balaban J connectivity index is 2.14. The van der Waals surface area contributed by atoms with E-state index < -0.39 is 0 Å². The van der Waals surface area contributed by atoms with E-state index in [0.717, 1.165) is 15.7 Å². The van der Waals surface area contributed by atoms with E-state index in [0.29, 0.717) is 28.8 Å². The second-order valence-electron chi connectivity index (χ2n) is 4.52. The van der Waals surface area contributed by atoms with Gasteiger partial charge in [-0.15, -0.1) is 0 Å². The summed E-state index contributed by atoms with van der Waals surface area (Å²) in [5.41, 5.74) is 1.97. The summed E-state index contributed by atoms with van der Waals surface area (Å²) in [7, 11) is 4.82. The summed E-state index contributed by atoms with van der Waals surface area (Å²) >= 11 is 9.60. The summed E-state index contributed by atoms with van der Waals surface area (Å²) in [6.45, 7) is 0.627. The molecule has 6 heteroatoms. The van der Waals surface area contributed by atoms with Gasteiger partial charge < -0.3 is 19.5 Å². The first kappa shape index (κ1) is 16.8. The van der Waals surface area contributed by atoms with Gasteiger partial charge in [0.25, 0.3) is 0 Å². The Kier molecular flexibility index (Phi) is 5.80. The van der Waals surface area contributed by atoms with E-state index in [-0.39, 0.29) is 0 Å². The molecule has 0 heterocycles. The van der Waals surface area contributed by atoms with Gasteiger partial charge >= 0.3 is 0 Å². The first-order chi connectivity index (χ1) is 10.6. The highest BCUT2D eigenvalue weighted by atomic mass is 79.9. The van der Waals surface area contributed by atoms with Gasteiger partial charge in [-0.1, -0.05) is 11.6 Å². The summed E-state index contributed by atoms with van der Waals surface area (Å²) < 4.78 is 16.6. The molecule has 0 saturated carbocycles. The lowest BCUT2D eigenvalue weighted by molar-refractivity contribution is 0.352. The Morgan fingerprint density at radius 1 is 1.00 bits per heavy atom. The second-order valence-corrected chi connectivity index (χ2v) is 5.78. The summed E-state index contributed by atoms with van der Waals surface area (Å²) in [5, 5.41) is 3.88. The molecule has 22 heavy (non-hydrogen) atoms. The maximum atomic E-state index is 6.11. The molecule has 2 rings (SSSR count). The number of anilines is 1. The molecule has 118 valence electrons. The molecule has 0 aliphatic rings. The molecular formula is C16H17BrClNO3. The molecule has 0 aliphatic heterocycles. The van der Waals surface area contributed by atoms with E-state index in [1.54, 1.807) is 21.3 Å². The summed E-state index contributed by atoms with van der Waals surface area (Å²) in [5.74, 6) is 2.02. The molecule has 4 nitrogen and oxygen atoms in total. The van der Waals surface area contributed by atoms with Crippen molar-refractivity contribution in [2.24, 2.45) is 0 Å². The Bertz CT molecular complexity index is 664. The molecule has 0 unspecified atom stereocenters. The van der Waals surface area contributed by atoms with Crippen LogP contribution in [0.5, 0.6) is 17.2 Å². The van der Waals surface area contributed by atoms with Crippen LogP contribution >= 0.6 is 27.5 Å². The number of nitrogens with one attached hydrogen (secondary N) is 1. The molecule has 0 aliphatic carbocycles. The van der Waals surface area contributed by atoms with Gasteiger partial charge in [-0.05, 0) is 51.8 Å². The van der Waals surface area contributed by atoms with Gasteiger partial charge in [0.05, 0.1) is 30.8 Å². The van der Waals surface area contributed by atoms with Crippen LogP contribution in [0, 0.1) is 0 Å². The lowest BCUT2D eigenvalue weighted by atomic mass is 10.2. The summed E-state index contributed by atoms with van der Waals surface area (Å²) in [6, 6.07) is 9.49. The molecule has 0 aromatic heterocycles. The van der Waals surface area contributed by atoms with Gasteiger partial charge in [0, 0.05) is 12.2 Å². The average molecular weight is 387 g/mol. The number of benzene rings is 2. The third kappa shape index (κ3) is 3.78. The topological polar surface area (TPSA) is 39.7 Å². The van der Waals surface area contributed by atoms with Crippen molar-refractivity contribution in [1.82, 2.24) is 0 Å². The van der Waals surface area contributed by atoms with Crippen LogP contribution in [0.2, 0.25) is 5.02 Å². The SMILES string of the molecule is COc1ccc(NCc2cc(Br)c(OC)c(OC)c2)cc1Cl. The van der Waals surface area contributed by atoms with Crippen molar-refractivity contribution in [3.05, 3.63) is 45.4 Å². The Morgan fingerprint density at radius 3 is 2.32 bits per heavy atom. The predicted molar refractivity (Wildman–Crippen MR) is 92.6 cm³/mol. The van der Waals surface area contributed by atoms with Crippen LogP contribution in [0.4, 0.5) is 5.69 Å². The zero-order chi connectivity index (χ0) is 16.1. The van der Waals surface area contributed by atoms with Crippen molar-refractivity contribution in [2.45, 2.75) is 6.54 Å². The van der Waals surface area contributed by atoms with Crippen molar-refractivity contribution in [3.8, 4) is 17.2 Å². The quantitative estimate of drug-likeness (QED) is 0.778. The van der Waals surface area contributed by atoms with Gasteiger partial charge in [0.15, 0.2) is 11.5 Å². The molecule has 0 radical (unpaired) electrons. The summed E-state index contributed by atoms with van der Waals surface area (Å²) in [4.78, 5) is 0. The largest absolute Gasteiger partial charge is 0.495 e. The Hall–Kier alpha value is -1.59. The number of hydrogen-bond donors (Lipinski definition) is 1. The zero-order valence-corrected chi connectivity index (χ0v) is 14.9. The van der Waals surface area contributed by atoms with E-state index in [2.05, 4.69) is 21.2 Å². The lowest BCUT2D eigenvalue weighted by Gasteiger charge is -2.13. The van der Waals surface area contributed by atoms with E-state index in [1.165, 1.54) is 0 Å². The molecule has 2 aromatic rings. The minimum atomic E-state index is 0.570. The van der Waals surface area contributed by atoms with Crippen LogP contribution in [-0.2, 0) is 6.54 Å². The predicted octanol–water partition coefficient (Wildman–Crippen LogP) is 4.74. The van der Waals surface area contributed by atoms with Crippen molar-refractivity contribution < 1.29 is 14.2 Å². The minimum Gasteiger partial charge on any atom is -0.495 e. The Morgan fingerprint density at radius 2 is 1.73 bits per heavy atom. The van der Waals surface area contributed by atoms with Gasteiger partial charge in [-0.3, -0.25) is 0 Å². The number of halogens is 2. The maximum absolute atomic E-state index is 6.11. The van der Waals surface area contributed by atoms with Crippen molar-refractivity contribution >= 4 is 33.2 Å². The average Bonchev–Trinajstić information content (AvgIpc) is 2.52. The molecule has 0 bridgehead atoms. The van der Waals surface area contributed by atoms with Gasteiger partial charge in [0.1, 0.15) is 5.75 Å². The third-order valence-corrected chi connectivity index (χ3v) is 4.03. The van der Waals surface area contributed by atoms with Crippen molar-refractivity contribution in [3.63, 3.8) is 0 Å². The van der Waals surface area contributed by atoms with Gasteiger partial charge in [0.2, 0.25) is 0 Å². The maximum Gasteiger partial charge on any atom is 0.174 e. The van der Waals surface area contributed by atoms with E-state index in [4.69, 9.17) is 25.8 Å². The van der Waals surface area contributed by atoms with Crippen LogP contribution < -0.4 is 19.5 Å². The van der Waals surface area contributed by atoms with E-state index in [1.807, 2.05) is 30.3 Å². The highest BCUT2D eigenvalue weighted by Gasteiger charge is 2.10. The van der Waals surface area contributed by atoms with E-state index >= 15 is 0 Å². The highest BCUT2D eigenvalue weighted by molar-refractivity contribution is 9.10. The monoisotopic (exact) mass is 385 g/mol. The fourth-order valence-electron chi connectivity index (χ4n) is 2.05. The minimum absolute atomic E-state index is 0.570. The molecule has 0 saturated heterocycles. The number of ether oxygens (including phenoxy) is 3. The second kappa shape index (κ2) is 7.61. The standard InChI is InChI=1S/C16H17BrClNO3/c1-20-14-5-4-11(8-13(14)18)19-9-10-6-12(17)16(22-3)15(7-10)21-2/h4-8,19H,9H2,1-3H3. The molecule has 0 amide bonds. The first-order valence-corrected chi connectivity index (χ1v) is 7.74. The van der Waals surface area contributed by atoms with Gasteiger partial charge in [-0.2, -0.15) is 0 Å². The highest BCUT2D eigenvalue weighted by Crippen LogP contribution is 2.36. The van der Waals surface area contributed by atoms with Crippen molar-refractivity contribution in [1.29, 1.82) is 0 Å². The fourth-order valence-corrected chi connectivity index (χ4v) is 2.96. The molecule has 0 fully saturated rings. The lowest BCUT2D eigenvalue weighted by Crippen LogP contribution is -2.01. The third-order valence-electron chi connectivity index (χ3n) is 3.14. The smallest absolute Gasteiger partial charge is 0.174 e. The van der Waals surface area contributed by atoms with Crippen molar-refractivity contribution in [2.75, 3.05) is 26.6 Å². The molecule has 0 spiro atoms. The van der Waals surface area contributed by atoms with Crippen LogP contribution in [0.25, 0.3) is 0 Å². The summed E-state index contributed by atoms with van der Waals surface area (Å²) in [6.07, 6.45) is 0. The van der Waals surface area contributed by atoms with Crippen LogP contribution in [-0.4, -0.2) is 21.3 Å². The zero-order valence-electron chi connectivity index (χ0n) is 12.6. The normalized spacial score (nSPS) is 10.2. The number of methoxy groups -OCH3 is 3. The first-order valence-electron chi connectivity index (χ1n) is 6.56. The fraction of sp³-hybridized carbons (Fsp3) is 0.250. The van der Waals surface area contributed by atoms with Crippen LogP contribution in [0.1, 0.15) is 5.56 Å². The molecule has 2 aromatic carbocycles. The Labute approximate surface area is 143 Å². The molecular weight excluding hydrogens is 370 g/mol. The number of hydrogen-bond acceptors (Lipinski definition) is 4. The molecule has 0 atom stereocenters. The van der Waals surface area contributed by atoms with Crippen LogP contribution in [0.15, 0.2) is 34.8 Å². The van der Waals surface area contributed by atoms with Crippen LogP contribution in [0.3, 0.4) is 0 Å². The van der Waals surface area contributed by atoms with Gasteiger partial charge in [-0.25, -0.2) is 0 Å². The molecule has 1 N–H and O–H groups in total. The number of rotatable bonds is 6.